The van der Waals surface area contributed by atoms with Crippen LogP contribution in [0.1, 0.15) is 21.5 Å². The van der Waals surface area contributed by atoms with E-state index in [1.165, 1.54) is 24.3 Å². The van der Waals surface area contributed by atoms with Crippen molar-refractivity contribution in [1.29, 1.82) is 0 Å². The van der Waals surface area contributed by atoms with E-state index in [1.54, 1.807) is 19.1 Å². The van der Waals surface area contributed by atoms with E-state index in [-0.39, 0.29) is 17.0 Å². The zero-order valence-electron chi connectivity index (χ0n) is 11.6. The number of phenols is 1. The standard InChI is InChI=1S/C15H14N2O4/c1-9-3-6-14(18)12(7-9)15(19)16-11-4-5-13(17(20)21)10(2)8-11/h3-8,18H,1-2H3,(H,16,19). The van der Waals surface area contributed by atoms with Gasteiger partial charge < -0.3 is 10.4 Å². The minimum absolute atomic E-state index is 0.00796. The lowest BCUT2D eigenvalue weighted by Gasteiger charge is -2.08. The molecule has 0 bridgehead atoms. The fraction of sp³-hybridized carbons (Fsp3) is 0.133. The number of hydrogen-bond acceptors (Lipinski definition) is 4. The average Bonchev–Trinajstić information content (AvgIpc) is 2.41. The number of anilines is 1. The molecule has 2 aromatic rings. The molecule has 0 heterocycles. The molecule has 0 aliphatic heterocycles. The number of nitrogens with one attached hydrogen (secondary N) is 1. The molecular weight excluding hydrogens is 272 g/mol. The molecule has 0 saturated heterocycles. The van der Waals surface area contributed by atoms with Gasteiger partial charge in [0.15, 0.2) is 0 Å². The Morgan fingerprint density at radius 1 is 1.19 bits per heavy atom. The molecule has 2 rings (SSSR count). The van der Waals surface area contributed by atoms with Gasteiger partial charge in [-0.1, -0.05) is 11.6 Å². The monoisotopic (exact) mass is 286 g/mol. The van der Waals surface area contributed by atoms with Gasteiger partial charge in [0.25, 0.3) is 11.6 Å². The lowest BCUT2D eigenvalue weighted by Crippen LogP contribution is -2.12. The van der Waals surface area contributed by atoms with Crippen LogP contribution in [0.25, 0.3) is 0 Å². The first-order valence-electron chi connectivity index (χ1n) is 6.24. The van der Waals surface area contributed by atoms with E-state index < -0.39 is 10.8 Å². The quantitative estimate of drug-likeness (QED) is 0.669. The summed E-state index contributed by atoms with van der Waals surface area (Å²) in [5.74, 6) is -0.582. The van der Waals surface area contributed by atoms with Crippen molar-refractivity contribution in [3.05, 3.63) is 63.2 Å². The Morgan fingerprint density at radius 3 is 2.52 bits per heavy atom. The normalized spacial score (nSPS) is 10.2. The number of nitro benzene ring substituents is 1. The number of nitrogens with zero attached hydrogens (tertiary/aromatic N) is 1. The number of rotatable bonds is 3. The lowest BCUT2D eigenvalue weighted by atomic mass is 10.1. The highest BCUT2D eigenvalue weighted by Gasteiger charge is 2.14. The Kier molecular flexibility index (Phi) is 3.89. The molecule has 0 atom stereocenters. The molecule has 6 nitrogen and oxygen atoms in total. The van der Waals surface area contributed by atoms with Crippen molar-refractivity contribution in [3.63, 3.8) is 0 Å². The van der Waals surface area contributed by atoms with E-state index in [2.05, 4.69) is 5.32 Å². The second-order valence-electron chi connectivity index (χ2n) is 4.73. The lowest BCUT2D eigenvalue weighted by molar-refractivity contribution is -0.385. The maximum absolute atomic E-state index is 12.1. The SMILES string of the molecule is Cc1ccc(O)c(C(=O)Nc2ccc([N+](=O)[O-])c(C)c2)c1. The molecule has 0 unspecified atom stereocenters. The maximum atomic E-state index is 12.1. The third-order valence-electron chi connectivity index (χ3n) is 3.05. The highest BCUT2D eigenvalue weighted by atomic mass is 16.6. The Morgan fingerprint density at radius 2 is 1.90 bits per heavy atom. The van der Waals surface area contributed by atoms with Gasteiger partial charge in [0.1, 0.15) is 5.75 Å². The summed E-state index contributed by atoms with van der Waals surface area (Å²) < 4.78 is 0. The van der Waals surface area contributed by atoms with Crippen molar-refractivity contribution in [2.45, 2.75) is 13.8 Å². The fourth-order valence-corrected chi connectivity index (χ4v) is 1.97. The summed E-state index contributed by atoms with van der Waals surface area (Å²) in [6.45, 7) is 3.41. The van der Waals surface area contributed by atoms with Crippen LogP contribution in [0.5, 0.6) is 5.75 Å². The van der Waals surface area contributed by atoms with Gasteiger partial charge in [-0.15, -0.1) is 0 Å². The molecule has 0 aromatic heterocycles. The Balaban J connectivity index is 2.26. The molecule has 0 aliphatic rings. The summed E-state index contributed by atoms with van der Waals surface area (Å²) in [5.41, 5.74) is 1.88. The van der Waals surface area contributed by atoms with Crippen LogP contribution in [0.3, 0.4) is 0 Å². The van der Waals surface area contributed by atoms with Crippen molar-refractivity contribution in [2.24, 2.45) is 0 Å². The number of aryl methyl sites for hydroxylation is 2. The maximum Gasteiger partial charge on any atom is 0.272 e. The number of nitro groups is 1. The van der Waals surface area contributed by atoms with Crippen molar-refractivity contribution < 1.29 is 14.8 Å². The number of amides is 1. The van der Waals surface area contributed by atoms with E-state index in [9.17, 15) is 20.0 Å². The molecule has 6 heteroatoms. The molecule has 108 valence electrons. The molecular formula is C15H14N2O4. The first kappa shape index (κ1) is 14.5. The first-order chi connectivity index (χ1) is 9.88. The van der Waals surface area contributed by atoms with Gasteiger partial charge in [0, 0.05) is 17.3 Å². The van der Waals surface area contributed by atoms with Crippen LogP contribution in [-0.2, 0) is 0 Å². The molecule has 0 saturated carbocycles. The first-order valence-corrected chi connectivity index (χ1v) is 6.24. The summed E-state index contributed by atoms with van der Waals surface area (Å²) in [7, 11) is 0. The van der Waals surface area contributed by atoms with Gasteiger partial charge in [0.2, 0.25) is 0 Å². The molecule has 21 heavy (non-hydrogen) atoms. The van der Waals surface area contributed by atoms with Crippen LogP contribution >= 0.6 is 0 Å². The van der Waals surface area contributed by atoms with E-state index in [1.807, 2.05) is 6.92 Å². The predicted molar refractivity (Wildman–Crippen MR) is 78.6 cm³/mol. The van der Waals surface area contributed by atoms with Gasteiger partial charge in [0.05, 0.1) is 10.5 Å². The van der Waals surface area contributed by atoms with Crippen molar-refractivity contribution in [1.82, 2.24) is 0 Å². The number of phenolic OH excluding ortho intramolecular Hbond substituents is 1. The van der Waals surface area contributed by atoms with Gasteiger partial charge in [-0.2, -0.15) is 0 Å². The number of hydrogen-bond donors (Lipinski definition) is 2. The summed E-state index contributed by atoms with van der Waals surface area (Å²) in [6, 6.07) is 9.02. The molecule has 0 radical (unpaired) electrons. The summed E-state index contributed by atoms with van der Waals surface area (Å²) in [5, 5.41) is 23.1. The van der Waals surface area contributed by atoms with Crippen molar-refractivity contribution in [3.8, 4) is 5.75 Å². The third kappa shape index (κ3) is 3.17. The van der Waals surface area contributed by atoms with Gasteiger partial charge in [-0.25, -0.2) is 0 Å². The summed E-state index contributed by atoms with van der Waals surface area (Å²) >= 11 is 0. The average molecular weight is 286 g/mol. The van der Waals surface area contributed by atoms with E-state index in [0.717, 1.165) is 5.56 Å². The number of benzene rings is 2. The molecule has 0 aliphatic carbocycles. The molecule has 0 fully saturated rings. The summed E-state index contributed by atoms with van der Waals surface area (Å²) in [4.78, 5) is 22.4. The second kappa shape index (κ2) is 5.62. The Hall–Kier alpha value is -2.89. The molecule has 1 amide bonds. The number of aromatic hydroxyl groups is 1. The Labute approximate surface area is 121 Å². The van der Waals surface area contributed by atoms with Crippen LogP contribution in [0, 0.1) is 24.0 Å². The van der Waals surface area contributed by atoms with E-state index in [4.69, 9.17) is 0 Å². The van der Waals surface area contributed by atoms with Crippen LogP contribution in [-0.4, -0.2) is 15.9 Å². The van der Waals surface area contributed by atoms with Crippen molar-refractivity contribution >= 4 is 17.3 Å². The minimum atomic E-state index is -0.479. The minimum Gasteiger partial charge on any atom is -0.507 e. The molecule has 2 aromatic carbocycles. The van der Waals surface area contributed by atoms with Gasteiger partial charge >= 0.3 is 0 Å². The van der Waals surface area contributed by atoms with Gasteiger partial charge in [-0.3, -0.25) is 14.9 Å². The smallest absolute Gasteiger partial charge is 0.272 e. The molecule has 2 N–H and O–H groups in total. The number of carbonyl (C=O) groups is 1. The number of carbonyl (C=O) groups excluding carboxylic acids is 1. The highest BCUT2D eigenvalue weighted by Crippen LogP contribution is 2.23. The van der Waals surface area contributed by atoms with Crippen LogP contribution in [0.2, 0.25) is 0 Å². The molecule has 0 spiro atoms. The third-order valence-corrected chi connectivity index (χ3v) is 3.05. The van der Waals surface area contributed by atoms with Crippen LogP contribution in [0.15, 0.2) is 36.4 Å². The Bertz CT molecular complexity index is 726. The topological polar surface area (TPSA) is 92.5 Å². The fourth-order valence-electron chi connectivity index (χ4n) is 1.97. The van der Waals surface area contributed by atoms with E-state index >= 15 is 0 Å². The zero-order chi connectivity index (χ0) is 15.6. The van der Waals surface area contributed by atoms with Crippen molar-refractivity contribution in [2.75, 3.05) is 5.32 Å². The predicted octanol–water partition coefficient (Wildman–Crippen LogP) is 3.17. The largest absolute Gasteiger partial charge is 0.507 e. The highest BCUT2D eigenvalue weighted by molar-refractivity contribution is 6.06. The van der Waals surface area contributed by atoms with Crippen LogP contribution in [0.4, 0.5) is 11.4 Å². The second-order valence-corrected chi connectivity index (χ2v) is 4.73. The zero-order valence-corrected chi connectivity index (χ0v) is 11.6. The van der Waals surface area contributed by atoms with Gasteiger partial charge in [-0.05, 0) is 38.1 Å². The summed E-state index contributed by atoms with van der Waals surface area (Å²) in [6.07, 6.45) is 0. The van der Waals surface area contributed by atoms with E-state index in [0.29, 0.717) is 11.3 Å². The van der Waals surface area contributed by atoms with Crippen LogP contribution < -0.4 is 5.32 Å².